The lowest BCUT2D eigenvalue weighted by Gasteiger charge is -2.22. The minimum absolute atomic E-state index is 0. The first kappa shape index (κ1) is 17.8. The number of nitrogens with one attached hydrogen (secondary N) is 2. The lowest BCUT2D eigenvalue weighted by molar-refractivity contribution is -0.118. The summed E-state index contributed by atoms with van der Waals surface area (Å²) in [5.41, 5.74) is 0.850. The van der Waals surface area contributed by atoms with E-state index in [9.17, 15) is 9.59 Å². The molecule has 5 nitrogen and oxygen atoms in total. The van der Waals surface area contributed by atoms with Gasteiger partial charge in [-0.15, -0.1) is 12.4 Å². The number of amides is 1. The molecular formula is C14H18Cl2N2O3. The first-order valence-electron chi connectivity index (χ1n) is 6.54. The van der Waals surface area contributed by atoms with Gasteiger partial charge in [0.25, 0.3) is 0 Å². The number of carbonyl (C=O) groups excluding carboxylic acids is 2. The third kappa shape index (κ3) is 4.59. The van der Waals surface area contributed by atoms with Crippen molar-refractivity contribution in [3.8, 4) is 0 Å². The molecule has 2 N–H and O–H groups in total. The highest BCUT2D eigenvalue weighted by Gasteiger charge is 2.21. The van der Waals surface area contributed by atoms with Crippen LogP contribution in [-0.2, 0) is 9.53 Å². The summed E-state index contributed by atoms with van der Waals surface area (Å²) in [6, 6.07) is 4.56. The molecule has 2 rings (SSSR count). The molecule has 1 aromatic carbocycles. The maximum Gasteiger partial charge on any atom is 0.339 e. The normalized spacial score (nSPS) is 17.5. The van der Waals surface area contributed by atoms with Crippen LogP contribution >= 0.6 is 24.0 Å². The van der Waals surface area contributed by atoms with Crippen LogP contribution in [0.2, 0.25) is 5.02 Å². The molecule has 0 radical (unpaired) electrons. The molecule has 1 aliphatic heterocycles. The number of rotatable bonds is 3. The SMILES string of the molecule is COC(=O)c1ccc(NC(=O)C2CCCCN2)cc1Cl.Cl. The molecule has 0 bridgehead atoms. The maximum absolute atomic E-state index is 12.0. The smallest absolute Gasteiger partial charge is 0.339 e. The molecule has 1 atom stereocenters. The van der Waals surface area contributed by atoms with Crippen molar-refractivity contribution in [2.75, 3.05) is 19.0 Å². The van der Waals surface area contributed by atoms with Gasteiger partial charge in [0.2, 0.25) is 5.91 Å². The second-order valence-electron chi connectivity index (χ2n) is 4.68. The average molecular weight is 333 g/mol. The zero-order chi connectivity index (χ0) is 14.5. The minimum atomic E-state index is -0.498. The molecule has 116 valence electrons. The number of esters is 1. The largest absolute Gasteiger partial charge is 0.465 e. The van der Waals surface area contributed by atoms with E-state index in [1.807, 2.05) is 0 Å². The molecule has 0 aromatic heterocycles. The lowest BCUT2D eigenvalue weighted by Crippen LogP contribution is -2.43. The molecular weight excluding hydrogens is 315 g/mol. The molecule has 1 unspecified atom stereocenters. The van der Waals surface area contributed by atoms with Crippen LogP contribution in [0.1, 0.15) is 29.6 Å². The Morgan fingerprint density at radius 2 is 2.14 bits per heavy atom. The zero-order valence-corrected chi connectivity index (χ0v) is 13.2. The molecule has 1 amide bonds. The van der Waals surface area contributed by atoms with Gasteiger partial charge in [0.05, 0.1) is 23.7 Å². The summed E-state index contributed by atoms with van der Waals surface area (Å²) in [6.07, 6.45) is 2.98. The fourth-order valence-electron chi connectivity index (χ4n) is 2.17. The van der Waals surface area contributed by atoms with Gasteiger partial charge in [-0.1, -0.05) is 18.0 Å². The first-order valence-corrected chi connectivity index (χ1v) is 6.91. The summed E-state index contributed by atoms with van der Waals surface area (Å²) in [6.45, 7) is 0.861. The summed E-state index contributed by atoms with van der Waals surface area (Å²) in [5, 5.41) is 6.23. The van der Waals surface area contributed by atoms with Gasteiger partial charge in [-0.05, 0) is 37.6 Å². The van der Waals surface area contributed by atoms with Gasteiger partial charge in [-0.2, -0.15) is 0 Å². The van der Waals surface area contributed by atoms with E-state index in [1.165, 1.54) is 13.2 Å². The summed E-state index contributed by atoms with van der Waals surface area (Å²) in [5.74, 6) is -0.576. The Kier molecular flexibility index (Phi) is 6.95. The fourth-order valence-corrected chi connectivity index (χ4v) is 2.43. The molecule has 1 heterocycles. The number of halogens is 2. The first-order chi connectivity index (χ1) is 9.61. The summed E-state index contributed by atoms with van der Waals surface area (Å²) < 4.78 is 4.61. The Balaban J connectivity index is 0.00000220. The quantitative estimate of drug-likeness (QED) is 0.835. The van der Waals surface area contributed by atoms with E-state index < -0.39 is 5.97 Å². The predicted molar refractivity (Wildman–Crippen MR) is 84.3 cm³/mol. The van der Waals surface area contributed by atoms with Gasteiger partial charge < -0.3 is 15.4 Å². The van der Waals surface area contributed by atoms with Gasteiger partial charge in [0.15, 0.2) is 0 Å². The van der Waals surface area contributed by atoms with Crippen LogP contribution in [-0.4, -0.2) is 31.6 Å². The van der Waals surface area contributed by atoms with Crippen molar-refractivity contribution >= 4 is 41.6 Å². The topological polar surface area (TPSA) is 67.4 Å². The highest BCUT2D eigenvalue weighted by Crippen LogP contribution is 2.22. The minimum Gasteiger partial charge on any atom is -0.465 e. The van der Waals surface area contributed by atoms with E-state index in [0.29, 0.717) is 5.69 Å². The highest BCUT2D eigenvalue weighted by atomic mass is 35.5. The molecule has 1 saturated heterocycles. The van der Waals surface area contributed by atoms with Gasteiger partial charge in [0.1, 0.15) is 0 Å². The number of anilines is 1. The number of methoxy groups -OCH3 is 1. The monoisotopic (exact) mass is 332 g/mol. The summed E-state index contributed by atoms with van der Waals surface area (Å²) in [4.78, 5) is 23.5. The Labute approximate surface area is 134 Å². The van der Waals surface area contributed by atoms with Crippen molar-refractivity contribution in [3.63, 3.8) is 0 Å². The standard InChI is InChI=1S/C14H17ClN2O3.ClH/c1-20-14(19)10-6-5-9(8-11(10)15)17-13(18)12-4-2-3-7-16-12;/h5-6,8,12,16H,2-4,7H2,1H3,(H,17,18);1H. The predicted octanol–water partition coefficient (Wildman–Crippen LogP) is 2.63. The lowest BCUT2D eigenvalue weighted by atomic mass is 10.0. The van der Waals surface area contributed by atoms with E-state index in [2.05, 4.69) is 15.4 Å². The molecule has 0 spiro atoms. The summed E-state index contributed by atoms with van der Waals surface area (Å²) in [7, 11) is 1.29. The van der Waals surface area contributed by atoms with Crippen molar-refractivity contribution in [1.82, 2.24) is 5.32 Å². The van der Waals surface area contributed by atoms with Crippen LogP contribution in [0.25, 0.3) is 0 Å². The average Bonchev–Trinajstić information content (AvgIpc) is 2.47. The molecule has 0 saturated carbocycles. The third-order valence-electron chi connectivity index (χ3n) is 3.27. The van der Waals surface area contributed by atoms with Crippen molar-refractivity contribution in [2.24, 2.45) is 0 Å². The Hall–Kier alpha value is -1.30. The van der Waals surface area contributed by atoms with Gasteiger partial charge in [-0.3, -0.25) is 4.79 Å². The summed E-state index contributed by atoms with van der Waals surface area (Å²) >= 11 is 6.00. The third-order valence-corrected chi connectivity index (χ3v) is 3.58. The number of hydrogen-bond acceptors (Lipinski definition) is 4. The van der Waals surface area contributed by atoms with Crippen LogP contribution in [0.4, 0.5) is 5.69 Å². The fraction of sp³-hybridized carbons (Fsp3) is 0.429. The number of benzene rings is 1. The second-order valence-corrected chi connectivity index (χ2v) is 5.09. The van der Waals surface area contributed by atoms with Crippen LogP contribution in [0.5, 0.6) is 0 Å². The van der Waals surface area contributed by atoms with Crippen LogP contribution in [0.15, 0.2) is 18.2 Å². The number of piperidine rings is 1. The Morgan fingerprint density at radius 1 is 1.38 bits per heavy atom. The van der Waals surface area contributed by atoms with Gasteiger partial charge in [0, 0.05) is 5.69 Å². The maximum atomic E-state index is 12.0. The molecule has 1 fully saturated rings. The zero-order valence-electron chi connectivity index (χ0n) is 11.6. The highest BCUT2D eigenvalue weighted by molar-refractivity contribution is 6.34. The van der Waals surface area contributed by atoms with Crippen molar-refractivity contribution in [2.45, 2.75) is 25.3 Å². The van der Waals surface area contributed by atoms with E-state index in [4.69, 9.17) is 11.6 Å². The van der Waals surface area contributed by atoms with E-state index in [0.717, 1.165) is 25.8 Å². The van der Waals surface area contributed by atoms with Crippen LogP contribution in [0.3, 0.4) is 0 Å². The number of hydrogen-bond donors (Lipinski definition) is 2. The van der Waals surface area contributed by atoms with E-state index >= 15 is 0 Å². The second kappa shape index (κ2) is 8.22. The molecule has 1 aromatic rings. The van der Waals surface area contributed by atoms with Crippen LogP contribution in [0, 0.1) is 0 Å². The van der Waals surface area contributed by atoms with Crippen LogP contribution < -0.4 is 10.6 Å². The Morgan fingerprint density at radius 3 is 2.71 bits per heavy atom. The number of ether oxygens (including phenoxy) is 1. The Bertz CT molecular complexity index is 517. The van der Waals surface area contributed by atoms with Crippen molar-refractivity contribution < 1.29 is 14.3 Å². The van der Waals surface area contributed by atoms with Crippen molar-refractivity contribution in [1.29, 1.82) is 0 Å². The van der Waals surface area contributed by atoms with Gasteiger partial charge >= 0.3 is 5.97 Å². The molecule has 0 aliphatic carbocycles. The van der Waals surface area contributed by atoms with E-state index in [-0.39, 0.29) is 34.9 Å². The van der Waals surface area contributed by atoms with Gasteiger partial charge in [-0.25, -0.2) is 4.79 Å². The molecule has 7 heteroatoms. The molecule has 21 heavy (non-hydrogen) atoms. The number of carbonyl (C=O) groups is 2. The van der Waals surface area contributed by atoms with E-state index in [1.54, 1.807) is 12.1 Å². The molecule has 1 aliphatic rings. The van der Waals surface area contributed by atoms with Crippen molar-refractivity contribution in [3.05, 3.63) is 28.8 Å².